The molecular formula is C23H21N5O. The van der Waals surface area contributed by atoms with Gasteiger partial charge in [0.1, 0.15) is 17.3 Å². The molecule has 4 rings (SSSR count). The van der Waals surface area contributed by atoms with E-state index < -0.39 is 0 Å². The van der Waals surface area contributed by atoms with Crippen LogP contribution >= 0.6 is 0 Å². The number of aromatic nitrogens is 3. The van der Waals surface area contributed by atoms with Crippen LogP contribution in [-0.4, -0.2) is 20.9 Å². The van der Waals surface area contributed by atoms with Crippen LogP contribution in [0.5, 0.6) is 0 Å². The first-order valence-corrected chi connectivity index (χ1v) is 9.35. The van der Waals surface area contributed by atoms with Gasteiger partial charge in [-0.1, -0.05) is 30.3 Å². The molecule has 0 aliphatic carbocycles. The average Bonchev–Trinajstić information content (AvgIpc) is 2.71. The smallest absolute Gasteiger partial charge is 0.274 e. The number of anilines is 3. The number of hydrogen-bond acceptors (Lipinski definition) is 5. The number of amides is 1. The molecule has 0 saturated heterocycles. The largest absolute Gasteiger partial charge is 0.338 e. The number of fused-ring (bicyclic) bond motifs is 1. The van der Waals surface area contributed by atoms with Crippen LogP contribution in [-0.2, 0) is 0 Å². The van der Waals surface area contributed by atoms with Crippen molar-refractivity contribution in [2.24, 2.45) is 0 Å². The van der Waals surface area contributed by atoms with Gasteiger partial charge in [-0.2, -0.15) is 0 Å². The first-order valence-electron chi connectivity index (χ1n) is 9.35. The molecule has 0 saturated carbocycles. The van der Waals surface area contributed by atoms with E-state index in [-0.39, 0.29) is 5.91 Å². The van der Waals surface area contributed by atoms with E-state index in [1.165, 1.54) is 0 Å². The zero-order chi connectivity index (χ0) is 20.4. The zero-order valence-electron chi connectivity index (χ0n) is 16.5. The quantitative estimate of drug-likeness (QED) is 0.521. The van der Waals surface area contributed by atoms with E-state index in [1.54, 1.807) is 19.2 Å². The third-order valence-electron chi connectivity index (χ3n) is 4.82. The second kappa shape index (κ2) is 7.67. The lowest BCUT2D eigenvalue weighted by atomic mass is 10.1. The average molecular weight is 383 g/mol. The summed E-state index contributed by atoms with van der Waals surface area (Å²) in [4.78, 5) is 26.0. The van der Waals surface area contributed by atoms with Gasteiger partial charge in [-0.3, -0.25) is 9.78 Å². The van der Waals surface area contributed by atoms with Gasteiger partial charge in [-0.25, -0.2) is 9.97 Å². The molecular weight excluding hydrogens is 362 g/mol. The Morgan fingerprint density at radius 1 is 0.897 bits per heavy atom. The van der Waals surface area contributed by atoms with Crippen LogP contribution in [0.3, 0.4) is 0 Å². The fraction of sp³-hybridized carbons (Fsp3) is 0.130. The third kappa shape index (κ3) is 3.91. The van der Waals surface area contributed by atoms with Crippen molar-refractivity contribution in [3.8, 4) is 0 Å². The maximum Gasteiger partial charge on any atom is 0.274 e. The van der Waals surface area contributed by atoms with Gasteiger partial charge in [-0.15, -0.1) is 0 Å². The number of nitrogens with one attached hydrogen (secondary N) is 2. The van der Waals surface area contributed by atoms with E-state index in [2.05, 4.69) is 25.6 Å². The summed E-state index contributed by atoms with van der Waals surface area (Å²) in [5, 5.41) is 7.24. The van der Waals surface area contributed by atoms with E-state index in [9.17, 15) is 4.79 Å². The standard InChI is InChI=1S/C23H21N5O/c1-14-7-4-10-18(15(14)2)28-23(29)20-13-21(26-16(3)25-20)27-19-11-5-8-17-9-6-12-24-22(17)19/h4-13H,1-3H3,(H,28,29)(H,25,26,27). The highest BCUT2D eigenvalue weighted by atomic mass is 16.1. The van der Waals surface area contributed by atoms with Gasteiger partial charge in [-0.05, 0) is 50.1 Å². The van der Waals surface area contributed by atoms with Crippen molar-refractivity contribution in [1.29, 1.82) is 0 Å². The number of hydrogen-bond donors (Lipinski definition) is 2. The molecule has 0 unspecified atom stereocenters. The summed E-state index contributed by atoms with van der Waals surface area (Å²) in [7, 11) is 0. The maximum atomic E-state index is 12.8. The Hall–Kier alpha value is -3.80. The molecule has 4 aromatic rings. The number of carbonyl (C=O) groups excluding carboxylic acids is 1. The fourth-order valence-corrected chi connectivity index (χ4v) is 3.16. The summed E-state index contributed by atoms with van der Waals surface area (Å²) < 4.78 is 0. The normalized spacial score (nSPS) is 10.7. The molecule has 0 spiro atoms. The van der Waals surface area contributed by atoms with Crippen molar-refractivity contribution in [2.75, 3.05) is 10.6 Å². The van der Waals surface area contributed by atoms with Gasteiger partial charge in [0.25, 0.3) is 5.91 Å². The van der Waals surface area contributed by atoms with Crippen LogP contribution in [0.1, 0.15) is 27.4 Å². The lowest BCUT2D eigenvalue weighted by Gasteiger charge is -2.12. The van der Waals surface area contributed by atoms with Gasteiger partial charge in [0.15, 0.2) is 0 Å². The third-order valence-corrected chi connectivity index (χ3v) is 4.82. The van der Waals surface area contributed by atoms with E-state index >= 15 is 0 Å². The van der Waals surface area contributed by atoms with E-state index in [0.717, 1.165) is 33.4 Å². The summed E-state index contributed by atoms with van der Waals surface area (Å²) in [5.41, 5.74) is 4.89. The highest BCUT2D eigenvalue weighted by molar-refractivity contribution is 6.04. The fourth-order valence-electron chi connectivity index (χ4n) is 3.16. The van der Waals surface area contributed by atoms with Gasteiger partial charge in [0, 0.05) is 23.3 Å². The topological polar surface area (TPSA) is 79.8 Å². The molecule has 144 valence electrons. The van der Waals surface area contributed by atoms with Gasteiger partial charge in [0.2, 0.25) is 0 Å². The summed E-state index contributed by atoms with van der Waals surface area (Å²) in [6.07, 6.45) is 1.75. The van der Waals surface area contributed by atoms with E-state index in [4.69, 9.17) is 0 Å². The lowest BCUT2D eigenvalue weighted by molar-refractivity contribution is 0.102. The minimum absolute atomic E-state index is 0.275. The number of nitrogens with zero attached hydrogens (tertiary/aromatic N) is 3. The molecule has 2 heterocycles. The second-order valence-corrected chi connectivity index (χ2v) is 6.89. The molecule has 29 heavy (non-hydrogen) atoms. The molecule has 0 radical (unpaired) electrons. The number of pyridine rings is 1. The zero-order valence-corrected chi connectivity index (χ0v) is 16.5. The molecule has 0 aliphatic rings. The van der Waals surface area contributed by atoms with Crippen molar-refractivity contribution >= 4 is 34.0 Å². The molecule has 6 nitrogen and oxygen atoms in total. The number of rotatable bonds is 4. The number of aryl methyl sites for hydroxylation is 2. The van der Waals surface area contributed by atoms with E-state index in [0.29, 0.717) is 17.3 Å². The Bertz CT molecular complexity index is 1210. The van der Waals surface area contributed by atoms with Crippen molar-refractivity contribution in [1.82, 2.24) is 15.0 Å². The lowest BCUT2D eigenvalue weighted by Crippen LogP contribution is -2.16. The molecule has 6 heteroatoms. The highest BCUT2D eigenvalue weighted by Gasteiger charge is 2.13. The first kappa shape index (κ1) is 18.6. The van der Waals surface area contributed by atoms with Crippen LogP contribution in [0, 0.1) is 20.8 Å². The predicted octanol–water partition coefficient (Wildman–Crippen LogP) is 4.95. The number of benzene rings is 2. The van der Waals surface area contributed by atoms with Crippen LogP contribution in [0.4, 0.5) is 17.2 Å². The molecule has 0 aliphatic heterocycles. The Balaban J connectivity index is 1.64. The Morgan fingerprint density at radius 3 is 2.52 bits per heavy atom. The summed E-state index contributed by atoms with van der Waals surface area (Å²) in [6.45, 7) is 5.76. The summed E-state index contributed by atoms with van der Waals surface area (Å²) in [5.74, 6) is 0.777. The van der Waals surface area contributed by atoms with Crippen molar-refractivity contribution in [3.05, 3.63) is 83.4 Å². The molecule has 2 aromatic carbocycles. The molecule has 0 fully saturated rings. The molecule has 1 amide bonds. The minimum atomic E-state index is -0.275. The Kier molecular flexibility index (Phi) is 4.91. The van der Waals surface area contributed by atoms with Crippen molar-refractivity contribution in [3.63, 3.8) is 0 Å². The molecule has 2 N–H and O–H groups in total. The SMILES string of the molecule is Cc1nc(Nc2cccc3cccnc23)cc(C(=O)Nc2cccc(C)c2C)n1. The Morgan fingerprint density at radius 2 is 1.66 bits per heavy atom. The number of carbonyl (C=O) groups is 1. The predicted molar refractivity (Wildman–Crippen MR) is 116 cm³/mol. The van der Waals surface area contributed by atoms with Crippen LogP contribution < -0.4 is 10.6 Å². The molecule has 0 bridgehead atoms. The Labute approximate surface area is 169 Å². The second-order valence-electron chi connectivity index (χ2n) is 6.89. The van der Waals surface area contributed by atoms with Gasteiger partial charge >= 0.3 is 0 Å². The van der Waals surface area contributed by atoms with Crippen LogP contribution in [0.15, 0.2) is 60.8 Å². The summed E-state index contributed by atoms with van der Waals surface area (Å²) >= 11 is 0. The van der Waals surface area contributed by atoms with Gasteiger partial charge in [0.05, 0.1) is 11.2 Å². The summed E-state index contributed by atoms with van der Waals surface area (Å²) in [6, 6.07) is 17.3. The monoisotopic (exact) mass is 383 g/mol. The van der Waals surface area contributed by atoms with Crippen LogP contribution in [0.2, 0.25) is 0 Å². The van der Waals surface area contributed by atoms with Crippen LogP contribution in [0.25, 0.3) is 10.9 Å². The molecule has 2 aromatic heterocycles. The van der Waals surface area contributed by atoms with Crippen molar-refractivity contribution in [2.45, 2.75) is 20.8 Å². The maximum absolute atomic E-state index is 12.8. The van der Waals surface area contributed by atoms with E-state index in [1.807, 2.05) is 62.4 Å². The van der Waals surface area contributed by atoms with Gasteiger partial charge < -0.3 is 10.6 Å². The highest BCUT2D eigenvalue weighted by Crippen LogP contribution is 2.24. The first-order chi connectivity index (χ1) is 14.0. The minimum Gasteiger partial charge on any atom is -0.338 e. The van der Waals surface area contributed by atoms with Crippen molar-refractivity contribution < 1.29 is 4.79 Å². The molecule has 0 atom stereocenters. The number of para-hydroxylation sites is 1.